The number of hydrogen-bond donors (Lipinski definition) is 4. The third-order valence-electron chi connectivity index (χ3n) is 11.9. The summed E-state index contributed by atoms with van der Waals surface area (Å²) in [5, 5.41) is 7.92. The van der Waals surface area contributed by atoms with Crippen molar-refractivity contribution < 1.29 is 28.7 Å². The minimum absolute atomic E-state index is 0.111. The van der Waals surface area contributed by atoms with Crippen LogP contribution in [0, 0.1) is 5.92 Å². The summed E-state index contributed by atoms with van der Waals surface area (Å²) in [6.45, 7) is 4.90. The number of imidazole rings is 2. The molecule has 0 radical (unpaired) electrons. The van der Waals surface area contributed by atoms with E-state index < -0.39 is 24.3 Å². The zero-order valence-electron chi connectivity index (χ0n) is 35.0. The largest absolute Gasteiger partial charge is 0.453 e. The number of benzene rings is 4. The molecule has 2 saturated heterocycles. The molecule has 4 heterocycles. The Morgan fingerprint density at radius 2 is 1.19 bits per heavy atom. The van der Waals surface area contributed by atoms with E-state index in [4.69, 9.17) is 31.0 Å². The van der Waals surface area contributed by atoms with Crippen LogP contribution < -0.4 is 10.6 Å². The Labute approximate surface area is 364 Å². The first-order valence-electron chi connectivity index (χ1n) is 20.8. The lowest BCUT2D eigenvalue weighted by atomic mass is 9.98. The molecule has 4 amide bonds. The van der Waals surface area contributed by atoms with Gasteiger partial charge in [-0.3, -0.25) is 9.59 Å². The zero-order chi connectivity index (χ0) is 43.5. The Kier molecular flexibility index (Phi) is 12.3. The summed E-state index contributed by atoms with van der Waals surface area (Å²) in [4.78, 5) is 71.8. The molecule has 0 saturated carbocycles. The van der Waals surface area contributed by atoms with Crippen LogP contribution in [0.15, 0.2) is 97.3 Å². The first-order chi connectivity index (χ1) is 30.0. The van der Waals surface area contributed by atoms with Crippen LogP contribution in [0.5, 0.6) is 0 Å². The fourth-order valence-corrected chi connectivity index (χ4v) is 8.82. The quantitative estimate of drug-likeness (QED) is 0.100. The SMILES string of the molecule is COC(=O)NC(C(=O)N1CCC[C@H]1c1ncc(-c2ccc(-c3ccc4cc(-c5cnc([C@@H]6CCCN6C(=O)[C@@H](NC(=O)OC)C(C)C)[nH]5)ccc4c3)cc2)[nH]1)c1ccccc1Cl. The number of rotatable bonds is 11. The number of nitrogens with one attached hydrogen (secondary N) is 4. The number of ether oxygens (including phenoxy) is 2. The van der Waals surface area contributed by atoms with Crippen molar-refractivity contribution >= 4 is 46.4 Å². The molecule has 2 fully saturated rings. The van der Waals surface area contributed by atoms with Crippen molar-refractivity contribution in [2.45, 2.75) is 63.7 Å². The van der Waals surface area contributed by atoms with E-state index in [1.165, 1.54) is 14.2 Å². The summed E-state index contributed by atoms with van der Waals surface area (Å²) in [5.41, 5.74) is 6.26. The van der Waals surface area contributed by atoms with Crippen LogP contribution in [0.25, 0.3) is 44.4 Å². The number of carbonyl (C=O) groups is 4. The second kappa shape index (κ2) is 18.1. The summed E-state index contributed by atoms with van der Waals surface area (Å²) in [7, 11) is 2.55. The number of amides is 4. The minimum Gasteiger partial charge on any atom is -0.453 e. The van der Waals surface area contributed by atoms with Gasteiger partial charge in [-0.25, -0.2) is 19.6 Å². The maximum atomic E-state index is 14.0. The van der Waals surface area contributed by atoms with Crippen LogP contribution in [-0.2, 0) is 19.1 Å². The van der Waals surface area contributed by atoms with Gasteiger partial charge in [0.25, 0.3) is 5.91 Å². The highest BCUT2D eigenvalue weighted by Gasteiger charge is 2.39. The van der Waals surface area contributed by atoms with Crippen LogP contribution in [0.1, 0.15) is 74.9 Å². The molecular weight excluding hydrogens is 808 g/mol. The van der Waals surface area contributed by atoms with E-state index in [1.807, 2.05) is 24.9 Å². The van der Waals surface area contributed by atoms with Crippen molar-refractivity contribution in [2.24, 2.45) is 5.92 Å². The topological polar surface area (TPSA) is 175 Å². The van der Waals surface area contributed by atoms with Gasteiger partial charge in [-0.05, 0) is 77.3 Å². The van der Waals surface area contributed by atoms with E-state index in [0.717, 1.165) is 75.9 Å². The monoisotopic (exact) mass is 856 g/mol. The Bertz CT molecular complexity index is 2610. The maximum absolute atomic E-state index is 14.0. The predicted octanol–water partition coefficient (Wildman–Crippen LogP) is 8.75. The molecule has 62 heavy (non-hydrogen) atoms. The van der Waals surface area contributed by atoms with Crippen LogP contribution in [0.4, 0.5) is 9.59 Å². The molecule has 0 spiro atoms. The normalized spacial score (nSPS) is 17.3. The van der Waals surface area contributed by atoms with E-state index in [0.29, 0.717) is 29.5 Å². The molecule has 2 aliphatic heterocycles. The lowest BCUT2D eigenvalue weighted by Gasteiger charge is -2.30. The van der Waals surface area contributed by atoms with Gasteiger partial charge in [0.15, 0.2) is 0 Å². The molecule has 2 aliphatic rings. The third kappa shape index (κ3) is 8.60. The molecule has 6 aromatic rings. The van der Waals surface area contributed by atoms with E-state index in [2.05, 4.69) is 81.3 Å². The summed E-state index contributed by atoms with van der Waals surface area (Å²) < 4.78 is 9.60. The smallest absolute Gasteiger partial charge is 0.407 e. The van der Waals surface area contributed by atoms with Crippen molar-refractivity contribution in [1.82, 2.24) is 40.4 Å². The van der Waals surface area contributed by atoms with Gasteiger partial charge in [-0.1, -0.05) is 92.2 Å². The van der Waals surface area contributed by atoms with E-state index in [-0.39, 0.29) is 29.8 Å². The minimum atomic E-state index is -1.02. The van der Waals surface area contributed by atoms with Gasteiger partial charge in [-0.15, -0.1) is 0 Å². The van der Waals surface area contributed by atoms with Gasteiger partial charge in [0.1, 0.15) is 23.7 Å². The number of aromatic amines is 2. The number of hydrogen-bond acceptors (Lipinski definition) is 8. The van der Waals surface area contributed by atoms with Crippen molar-refractivity contribution in [2.75, 3.05) is 27.3 Å². The Morgan fingerprint density at radius 3 is 1.79 bits per heavy atom. The number of likely N-dealkylation sites (tertiary alicyclic amines) is 2. The number of aromatic nitrogens is 4. The van der Waals surface area contributed by atoms with Crippen LogP contribution in [-0.4, -0.2) is 87.1 Å². The van der Waals surface area contributed by atoms with Crippen molar-refractivity contribution in [3.63, 3.8) is 0 Å². The lowest BCUT2D eigenvalue weighted by molar-refractivity contribution is -0.135. The fraction of sp³-hybridized carbons (Fsp3) is 0.319. The second-order valence-electron chi connectivity index (χ2n) is 16.0. The molecule has 8 rings (SSSR count). The Morgan fingerprint density at radius 1 is 0.677 bits per heavy atom. The number of methoxy groups -OCH3 is 2. The Balaban J connectivity index is 0.946. The number of alkyl carbamates (subject to hydrolysis) is 2. The molecule has 0 aliphatic carbocycles. The first kappa shape index (κ1) is 42.0. The van der Waals surface area contributed by atoms with Gasteiger partial charge in [-0.2, -0.15) is 0 Å². The highest BCUT2D eigenvalue weighted by Crippen LogP contribution is 2.37. The van der Waals surface area contributed by atoms with Crippen molar-refractivity contribution in [1.29, 1.82) is 0 Å². The highest BCUT2D eigenvalue weighted by atomic mass is 35.5. The van der Waals surface area contributed by atoms with Gasteiger partial charge < -0.3 is 39.9 Å². The molecule has 4 N–H and O–H groups in total. The summed E-state index contributed by atoms with van der Waals surface area (Å²) in [6.07, 6.45) is 5.38. The summed E-state index contributed by atoms with van der Waals surface area (Å²) in [6, 6.07) is 25.7. The molecule has 15 heteroatoms. The average molecular weight is 857 g/mol. The van der Waals surface area contributed by atoms with Crippen molar-refractivity contribution in [3.8, 4) is 33.6 Å². The number of fused-ring (bicyclic) bond motifs is 1. The van der Waals surface area contributed by atoms with Gasteiger partial charge in [0, 0.05) is 29.2 Å². The van der Waals surface area contributed by atoms with Crippen molar-refractivity contribution in [3.05, 3.63) is 120 Å². The second-order valence-corrected chi connectivity index (χ2v) is 16.5. The number of halogens is 1. The number of carbonyl (C=O) groups excluding carboxylic acids is 4. The highest BCUT2D eigenvalue weighted by molar-refractivity contribution is 6.31. The predicted molar refractivity (Wildman–Crippen MR) is 236 cm³/mol. The molecule has 0 bridgehead atoms. The standard InChI is InChI=1S/C47H49ClN8O6/c1-27(2)40(53-46(59)61-3)44(57)55-21-7-11-38(55)43-50-26-37(52-43)33-20-19-31-23-30(17-18-32(31)24-33)28-13-15-29(16-14-28)36-25-49-42(51-36)39-12-8-22-56(39)45(58)41(54-47(60)62-4)34-9-5-6-10-35(34)48/h5-6,9-10,13-20,23-27,38-41H,7-8,11-12,21-22H2,1-4H3,(H,49,51)(H,50,52)(H,53,59)(H,54,60)/t38-,39-,40-,41?/m0/s1. The van der Waals surface area contributed by atoms with E-state index >= 15 is 0 Å². The van der Waals surface area contributed by atoms with Gasteiger partial charge >= 0.3 is 12.2 Å². The number of H-pyrrole nitrogens is 2. The fourth-order valence-electron chi connectivity index (χ4n) is 8.57. The lowest BCUT2D eigenvalue weighted by Crippen LogP contribution is -2.51. The molecule has 14 nitrogen and oxygen atoms in total. The molecule has 4 aromatic carbocycles. The molecule has 4 atom stereocenters. The molecular formula is C47H49ClN8O6. The first-order valence-corrected chi connectivity index (χ1v) is 21.2. The Hall–Kier alpha value is -6.67. The van der Waals surface area contributed by atoms with Crippen LogP contribution >= 0.6 is 11.6 Å². The van der Waals surface area contributed by atoms with E-state index in [9.17, 15) is 19.2 Å². The van der Waals surface area contributed by atoms with Crippen LogP contribution in [0.2, 0.25) is 5.02 Å². The maximum Gasteiger partial charge on any atom is 0.407 e. The van der Waals surface area contributed by atoms with Gasteiger partial charge in [0.05, 0.1) is 50.1 Å². The zero-order valence-corrected chi connectivity index (χ0v) is 35.7. The molecule has 1 unspecified atom stereocenters. The molecule has 320 valence electrons. The number of nitrogens with zero attached hydrogens (tertiary/aromatic N) is 4. The molecule has 2 aromatic heterocycles. The van der Waals surface area contributed by atoms with Gasteiger partial charge in [0.2, 0.25) is 5.91 Å². The van der Waals surface area contributed by atoms with Crippen LogP contribution in [0.3, 0.4) is 0 Å². The summed E-state index contributed by atoms with van der Waals surface area (Å²) in [5.74, 6) is 0.853. The van der Waals surface area contributed by atoms with E-state index in [1.54, 1.807) is 35.4 Å². The summed E-state index contributed by atoms with van der Waals surface area (Å²) >= 11 is 6.47. The third-order valence-corrected chi connectivity index (χ3v) is 12.2. The average Bonchev–Trinajstić information content (AvgIpc) is 4.14.